The first-order valence-electron chi connectivity index (χ1n) is 6.05. The van der Waals surface area contributed by atoms with Crippen molar-refractivity contribution in [3.05, 3.63) is 52.1 Å². The lowest BCUT2D eigenvalue weighted by Gasteiger charge is -2.07. The normalized spacial score (nSPS) is 10.2. The summed E-state index contributed by atoms with van der Waals surface area (Å²) in [5.74, 6) is 0.893. The summed E-state index contributed by atoms with van der Waals surface area (Å²) in [7, 11) is 1.89. The van der Waals surface area contributed by atoms with Gasteiger partial charge in [0.05, 0.1) is 4.92 Å². The molecule has 1 N–H and O–H groups in total. The average molecular weight is 274 g/mol. The third-order valence-electron chi connectivity index (χ3n) is 2.94. The molecule has 0 saturated carbocycles. The monoisotopic (exact) mass is 274 g/mol. The second-order valence-electron chi connectivity index (χ2n) is 4.28. The van der Waals surface area contributed by atoms with E-state index in [1.165, 1.54) is 6.07 Å². The van der Waals surface area contributed by atoms with E-state index in [2.05, 4.69) is 10.3 Å². The second kappa shape index (κ2) is 5.96. The predicted octanol–water partition coefficient (Wildman–Crippen LogP) is 1.80. The lowest BCUT2D eigenvalue weighted by molar-refractivity contribution is -0.384. The molecule has 0 aliphatic carbocycles. The van der Waals surface area contributed by atoms with Crippen LogP contribution in [0.15, 0.2) is 30.6 Å². The lowest BCUT2D eigenvalue weighted by Crippen LogP contribution is -2.10. The molecular formula is C13H14N4O3. The summed E-state index contributed by atoms with van der Waals surface area (Å²) < 4.78 is 1.89. The Hall–Kier alpha value is -2.70. The van der Waals surface area contributed by atoms with E-state index in [0.717, 1.165) is 5.82 Å². The minimum Gasteiger partial charge on any atom is -0.379 e. The fourth-order valence-corrected chi connectivity index (χ4v) is 1.87. The first-order valence-corrected chi connectivity index (χ1v) is 6.05. The number of nitrogens with zero attached hydrogens (tertiary/aromatic N) is 3. The van der Waals surface area contributed by atoms with E-state index in [1.807, 2.05) is 17.8 Å². The topological polar surface area (TPSA) is 90.1 Å². The Bertz CT molecular complexity index is 636. The summed E-state index contributed by atoms with van der Waals surface area (Å²) >= 11 is 0. The summed E-state index contributed by atoms with van der Waals surface area (Å²) in [6.07, 6.45) is 4.79. The number of aromatic nitrogens is 2. The molecule has 7 nitrogen and oxygen atoms in total. The van der Waals surface area contributed by atoms with Gasteiger partial charge in [0, 0.05) is 44.0 Å². The van der Waals surface area contributed by atoms with Gasteiger partial charge in [-0.25, -0.2) is 4.98 Å². The first-order chi connectivity index (χ1) is 9.61. The van der Waals surface area contributed by atoms with E-state index in [1.54, 1.807) is 18.3 Å². The van der Waals surface area contributed by atoms with Crippen molar-refractivity contribution < 1.29 is 9.72 Å². The highest BCUT2D eigenvalue weighted by Gasteiger charge is 2.14. The van der Waals surface area contributed by atoms with Gasteiger partial charge in [-0.2, -0.15) is 0 Å². The number of hydrogen-bond donors (Lipinski definition) is 1. The van der Waals surface area contributed by atoms with Crippen LogP contribution in [0.2, 0.25) is 0 Å². The van der Waals surface area contributed by atoms with Crippen LogP contribution in [-0.2, 0) is 13.5 Å². The highest BCUT2D eigenvalue weighted by Crippen LogP contribution is 2.24. The Kier molecular flexibility index (Phi) is 4.09. The number of anilines is 1. The van der Waals surface area contributed by atoms with Gasteiger partial charge in [0.2, 0.25) is 0 Å². The maximum absolute atomic E-state index is 11.0. The van der Waals surface area contributed by atoms with Crippen LogP contribution < -0.4 is 5.32 Å². The van der Waals surface area contributed by atoms with E-state index in [-0.39, 0.29) is 11.3 Å². The highest BCUT2D eigenvalue weighted by atomic mass is 16.6. The van der Waals surface area contributed by atoms with Crippen LogP contribution in [-0.4, -0.2) is 27.3 Å². The molecule has 104 valence electrons. The van der Waals surface area contributed by atoms with Gasteiger partial charge in [0.1, 0.15) is 17.8 Å². The van der Waals surface area contributed by atoms with Crippen LogP contribution in [0.3, 0.4) is 0 Å². The maximum Gasteiger partial charge on any atom is 0.293 e. The summed E-state index contributed by atoms with van der Waals surface area (Å²) in [4.78, 5) is 25.3. The standard InChI is InChI=1S/C13H14N4O3/c1-16-7-6-15-13(16)4-5-14-11-3-2-10(9-18)8-12(11)17(19)20/h2-3,6-9,14H,4-5H2,1H3. The highest BCUT2D eigenvalue weighted by molar-refractivity contribution is 5.79. The van der Waals surface area contributed by atoms with Gasteiger partial charge in [0.25, 0.3) is 5.69 Å². The van der Waals surface area contributed by atoms with E-state index >= 15 is 0 Å². The zero-order valence-electron chi connectivity index (χ0n) is 10.9. The smallest absolute Gasteiger partial charge is 0.293 e. The largest absolute Gasteiger partial charge is 0.379 e. The van der Waals surface area contributed by atoms with Crippen molar-refractivity contribution in [3.63, 3.8) is 0 Å². The molecule has 7 heteroatoms. The molecule has 1 aromatic heterocycles. The Morgan fingerprint density at radius 1 is 1.50 bits per heavy atom. The van der Waals surface area contributed by atoms with Gasteiger partial charge < -0.3 is 9.88 Å². The molecular weight excluding hydrogens is 260 g/mol. The van der Waals surface area contributed by atoms with Crippen molar-refractivity contribution in [1.29, 1.82) is 0 Å². The summed E-state index contributed by atoms with van der Waals surface area (Å²) in [5, 5.41) is 14.0. The fraction of sp³-hybridized carbons (Fsp3) is 0.231. The van der Waals surface area contributed by atoms with Gasteiger partial charge in [0.15, 0.2) is 0 Å². The van der Waals surface area contributed by atoms with Crippen molar-refractivity contribution >= 4 is 17.7 Å². The molecule has 0 unspecified atom stereocenters. The van der Waals surface area contributed by atoms with E-state index in [4.69, 9.17) is 0 Å². The summed E-state index contributed by atoms with van der Waals surface area (Å²) in [6.45, 7) is 0.520. The minimum absolute atomic E-state index is 0.102. The number of rotatable bonds is 6. The van der Waals surface area contributed by atoms with Crippen LogP contribution in [0.25, 0.3) is 0 Å². The Morgan fingerprint density at radius 2 is 2.30 bits per heavy atom. The number of nitro benzene ring substituents is 1. The van der Waals surface area contributed by atoms with E-state index in [9.17, 15) is 14.9 Å². The maximum atomic E-state index is 11.0. The van der Waals surface area contributed by atoms with Gasteiger partial charge >= 0.3 is 0 Å². The molecule has 20 heavy (non-hydrogen) atoms. The SMILES string of the molecule is Cn1ccnc1CCNc1ccc(C=O)cc1[N+](=O)[O-]. The number of benzene rings is 1. The molecule has 0 bridgehead atoms. The van der Waals surface area contributed by atoms with Crippen molar-refractivity contribution in [3.8, 4) is 0 Å². The molecule has 0 aliphatic heterocycles. The lowest BCUT2D eigenvalue weighted by atomic mass is 10.2. The van der Waals surface area contributed by atoms with Gasteiger partial charge in [-0.3, -0.25) is 14.9 Å². The van der Waals surface area contributed by atoms with Gasteiger partial charge in [-0.1, -0.05) is 0 Å². The Balaban J connectivity index is 2.07. The molecule has 0 fully saturated rings. The number of aldehydes is 1. The number of aryl methyl sites for hydroxylation is 1. The third-order valence-corrected chi connectivity index (χ3v) is 2.94. The van der Waals surface area contributed by atoms with Gasteiger partial charge in [-0.15, -0.1) is 0 Å². The zero-order chi connectivity index (χ0) is 14.5. The van der Waals surface area contributed by atoms with Crippen LogP contribution in [0, 0.1) is 10.1 Å². The van der Waals surface area contributed by atoms with Crippen molar-refractivity contribution in [1.82, 2.24) is 9.55 Å². The predicted molar refractivity (Wildman–Crippen MR) is 73.9 cm³/mol. The quantitative estimate of drug-likeness (QED) is 0.492. The third kappa shape index (κ3) is 3.00. The first kappa shape index (κ1) is 13.7. The molecule has 0 atom stereocenters. The molecule has 2 aromatic rings. The average Bonchev–Trinajstić information content (AvgIpc) is 2.84. The van der Waals surface area contributed by atoms with Crippen LogP contribution >= 0.6 is 0 Å². The number of imidazole rings is 1. The van der Waals surface area contributed by atoms with Gasteiger partial charge in [-0.05, 0) is 12.1 Å². The number of carbonyl (C=O) groups excluding carboxylic acids is 1. The summed E-state index contributed by atoms with van der Waals surface area (Å²) in [5.41, 5.74) is 0.579. The number of hydrogen-bond acceptors (Lipinski definition) is 5. The molecule has 0 amide bonds. The molecule has 0 saturated heterocycles. The second-order valence-corrected chi connectivity index (χ2v) is 4.28. The molecule has 0 aliphatic rings. The molecule has 1 heterocycles. The number of carbonyl (C=O) groups is 1. The number of nitro groups is 1. The molecule has 0 spiro atoms. The van der Waals surface area contributed by atoms with Crippen LogP contribution in [0.1, 0.15) is 16.2 Å². The minimum atomic E-state index is -0.504. The Morgan fingerprint density at radius 3 is 2.90 bits per heavy atom. The van der Waals surface area contributed by atoms with Crippen molar-refractivity contribution in [2.75, 3.05) is 11.9 Å². The Labute approximate surface area is 115 Å². The van der Waals surface area contributed by atoms with Crippen LogP contribution in [0.4, 0.5) is 11.4 Å². The van der Waals surface area contributed by atoms with E-state index < -0.39 is 4.92 Å². The van der Waals surface area contributed by atoms with E-state index in [0.29, 0.717) is 24.9 Å². The number of nitrogens with one attached hydrogen (secondary N) is 1. The fourth-order valence-electron chi connectivity index (χ4n) is 1.87. The molecule has 1 aromatic carbocycles. The van der Waals surface area contributed by atoms with Crippen molar-refractivity contribution in [2.24, 2.45) is 7.05 Å². The van der Waals surface area contributed by atoms with Crippen LogP contribution in [0.5, 0.6) is 0 Å². The zero-order valence-corrected chi connectivity index (χ0v) is 10.9. The summed E-state index contributed by atoms with van der Waals surface area (Å²) in [6, 6.07) is 4.35. The van der Waals surface area contributed by atoms with Crippen molar-refractivity contribution in [2.45, 2.75) is 6.42 Å². The molecule has 0 radical (unpaired) electrons. The molecule has 2 rings (SSSR count).